The summed E-state index contributed by atoms with van der Waals surface area (Å²) < 4.78 is 4.94. The molecule has 0 atom stereocenters. The first-order valence-corrected chi connectivity index (χ1v) is 26.6. The zero-order valence-corrected chi connectivity index (χ0v) is 66.4. The molecule has 0 spiro atoms. The first kappa shape index (κ1) is 92.0. The van der Waals surface area contributed by atoms with Gasteiger partial charge in [-0.3, -0.25) is 9.97 Å². The van der Waals surface area contributed by atoms with Crippen molar-refractivity contribution in [2.45, 2.75) is 52.4 Å². The monoisotopic (exact) mass is 1200 g/mol. The van der Waals surface area contributed by atoms with Crippen molar-refractivity contribution in [3.63, 3.8) is 0 Å². The number of benzene rings is 4. The number of rotatable bonds is 10. The normalized spacial score (nSPS) is 15.2. The summed E-state index contributed by atoms with van der Waals surface area (Å²) in [6, 6.07) is 55.4. The van der Waals surface area contributed by atoms with Crippen LogP contribution in [0.5, 0.6) is 0 Å². The molecule has 0 saturated carbocycles. The van der Waals surface area contributed by atoms with Crippen LogP contribution >= 0.6 is 0 Å². The Hall–Kier alpha value is -2.72. The van der Waals surface area contributed by atoms with Crippen molar-refractivity contribution >= 4 is 28.0 Å². The van der Waals surface area contributed by atoms with Gasteiger partial charge in [-0.05, 0) is 37.1 Å². The van der Waals surface area contributed by atoms with E-state index in [2.05, 4.69) is 177 Å². The quantitative estimate of drug-likeness (QED) is 0.136. The molecule has 7 nitrogen and oxygen atoms in total. The van der Waals surface area contributed by atoms with Crippen molar-refractivity contribution in [3.05, 3.63) is 377 Å². The minimum atomic E-state index is -1.22. The Kier molecular flexibility index (Phi) is 60.2. The van der Waals surface area contributed by atoms with Crippen molar-refractivity contribution in [2.24, 2.45) is 0 Å². The van der Waals surface area contributed by atoms with Crippen LogP contribution in [0, 0.1) is 29.7 Å². The van der Waals surface area contributed by atoms with Gasteiger partial charge in [0, 0.05) is 37.4 Å². The zero-order valence-electron chi connectivity index (χ0n) is 54.4. The van der Waals surface area contributed by atoms with Gasteiger partial charge < -0.3 is 55.7 Å². The molecule has 4 aromatic carbocycles. The number of hydrogen-bond acceptors (Lipinski definition) is 3. The minimum Gasteiger partial charge on any atom is -0.664 e. The van der Waals surface area contributed by atoms with E-state index < -0.39 is 6.15 Å². The second-order valence-electron chi connectivity index (χ2n) is 17.1. The van der Waals surface area contributed by atoms with Gasteiger partial charge in [0.15, 0.2) is 0 Å². The topological polar surface area (TPSA) is 91.4 Å². The third-order valence-corrected chi connectivity index (χ3v) is 12.2. The molecular formula is C72H82BN6Na6O-3. The van der Waals surface area contributed by atoms with Crippen molar-refractivity contribution in [3.8, 4) is 0 Å². The summed E-state index contributed by atoms with van der Waals surface area (Å²) in [4.78, 5) is 8.91. The average molecular weight is 1200 g/mol. The van der Waals surface area contributed by atoms with E-state index in [1.807, 2.05) is 137 Å². The van der Waals surface area contributed by atoms with Gasteiger partial charge in [-0.15, -0.1) is 22.8 Å². The molecule has 86 heavy (non-hydrogen) atoms. The fourth-order valence-corrected chi connectivity index (χ4v) is 8.85. The van der Waals surface area contributed by atoms with Crippen LogP contribution in [0.3, 0.4) is 0 Å². The molecule has 0 radical (unpaired) electrons. The Labute approximate surface area is 653 Å². The predicted octanol–water partition coefficient (Wildman–Crippen LogP) is -0.567. The Bertz CT molecular complexity index is 2630. The molecule has 11 rings (SSSR count). The van der Waals surface area contributed by atoms with Crippen LogP contribution in [0.15, 0.2) is 315 Å². The summed E-state index contributed by atoms with van der Waals surface area (Å²) in [7, 11) is 0. The van der Waals surface area contributed by atoms with E-state index in [-0.39, 0.29) is 219 Å². The zero-order chi connectivity index (χ0) is 53.1. The van der Waals surface area contributed by atoms with Crippen LogP contribution in [-0.2, 0) is 4.74 Å². The molecule has 0 bridgehead atoms. The van der Waals surface area contributed by atoms with E-state index in [1.54, 1.807) is 37.2 Å². The van der Waals surface area contributed by atoms with Crippen LogP contribution in [0.25, 0.3) is 21.3 Å². The smallest absolute Gasteiger partial charge is 0.664 e. The van der Waals surface area contributed by atoms with Crippen molar-refractivity contribution < 1.29 is 182 Å². The largest absolute Gasteiger partial charge is 1.00 e. The average Bonchev–Trinajstić information content (AvgIpc) is 1.77. The fraction of sp³-hybridized carbons (Fsp3) is 0.139. The summed E-state index contributed by atoms with van der Waals surface area (Å²) in [6.45, 7) is 10.0. The van der Waals surface area contributed by atoms with E-state index in [0.29, 0.717) is 0 Å². The molecule has 0 amide bonds. The summed E-state index contributed by atoms with van der Waals surface area (Å²) in [5, 5.41) is 17.4. The van der Waals surface area contributed by atoms with Crippen LogP contribution in [0.1, 0.15) is 63.8 Å². The minimum absolute atomic E-state index is 0. The molecule has 418 valence electrons. The Balaban J connectivity index is -0.000000338. The number of aromatic nitrogens is 2. The van der Waals surface area contributed by atoms with Crippen LogP contribution in [0.2, 0.25) is 0 Å². The first-order chi connectivity index (χ1) is 37.8. The summed E-state index contributed by atoms with van der Waals surface area (Å²) >= 11 is 0. The molecule has 0 unspecified atom stereocenters. The number of allylic oxidation sites excluding steroid dienone is 16. The van der Waals surface area contributed by atoms with Gasteiger partial charge in [-0.1, -0.05) is 258 Å². The molecule has 6 aromatic rings. The number of hydrogen-bond donors (Lipinski definition) is 0. The molecule has 0 aliphatic carbocycles. The maximum Gasteiger partial charge on any atom is 1.00 e. The Morgan fingerprint density at radius 3 is 0.779 bits per heavy atom. The SMILES string of the molecule is C1=C[N-]C(=CC(C=C2C=CC=C[N-]2)c2ccccn2)C=C1.C1=C[N-]C(=CC(C=C2C=CC=C[N-]2)c2ccccn2)C=C1.C1CCOC1.CC.CC.[CH3-].[CH3-].[CH3-].[CH3-].[Na+].[Na+].[Na+].[Na+].[Na+].[Na+].c1ccc([B-](c2ccccc2)(c2ccccc2)c2ccccc2)cc1. The van der Waals surface area contributed by atoms with Crippen molar-refractivity contribution in [1.82, 2.24) is 9.97 Å². The van der Waals surface area contributed by atoms with E-state index in [4.69, 9.17) is 4.74 Å². The Morgan fingerprint density at radius 2 is 0.593 bits per heavy atom. The van der Waals surface area contributed by atoms with Gasteiger partial charge in [0.2, 0.25) is 0 Å². The van der Waals surface area contributed by atoms with Gasteiger partial charge in [-0.2, -0.15) is 46.7 Å². The molecule has 5 aliphatic heterocycles. The van der Waals surface area contributed by atoms with Gasteiger partial charge in [-0.25, -0.2) is 0 Å². The molecule has 7 heterocycles. The maximum absolute atomic E-state index is 4.94. The summed E-state index contributed by atoms with van der Waals surface area (Å²) in [5.74, 6) is 0.0759. The molecule has 0 N–H and O–H groups in total. The number of pyridine rings is 2. The van der Waals surface area contributed by atoms with E-state index in [1.165, 1.54) is 34.7 Å². The summed E-state index contributed by atoms with van der Waals surface area (Å²) in [5.41, 5.74) is 11.0. The van der Waals surface area contributed by atoms with Crippen molar-refractivity contribution in [2.75, 3.05) is 13.2 Å². The molecule has 1 fully saturated rings. The van der Waals surface area contributed by atoms with Crippen molar-refractivity contribution in [1.29, 1.82) is 0 Å². The third-order valence-electron chi connectivity index (χ3n) is 12.2. The van der Waals surface area contributed by atoms with E-state index in [0.717, 1.165) is 47.4 Å². The molecule has 5 aliphatic rings. The second-order valence-corrected chi connectivity index (χ2v) is 17.1. The van der Waals surface area contributed by atoms with Crippen LogP contribution in [0.4, 0.5) is 0 Å². The van der Waals surface area contributed by atoms with E-state index in [9.17, 15) is 0 Å². The van der Waals surface area contributed by atoms with Gasteiger partial charge in [0.05, 0.1) is 11.4 Å². The molecule has 1 saturated heterocycles. The van der Waals surface area contributed by atoms with E-state index >= 15 is 0 Å². The molecule has 14 heteroatoms. The van der Waals surface area contributed by atoms with Gasteiger partial charge in [0.1, 0.15) is 6.15 Å². The third kappa shape index (κ3) is 30.9. The second kappa shape index (κ2) is 56.3. The molecule has 2 aromatic heterocycles. The standard InChI is InChI=1S/C24H20B.2C18H15N3.C4H8O.2C2H6.4CH3.6Na/c1-5-13-21(14-6-1)25(22-15-7-2-8-16-22,23-17-9-3-10-18-23)24-19-11-4-12-20-24;2*1-4-10-19-16(7-1)13-15(18-9-3-6-12-21-18)14-17-8-2-5-11-20-17;1-2-4-5-3-1;2*1-2;;;;;;;;;;/h1-20H;2*1-15H;1-4H2;2*1-2H3;4*1H3;;;;;;/q-1;2*-2;;;;4*-1;6*+1. The molecular weight excluding hydrogens is 1110 g/mol. The van der Waals surface area contributed by atoms with Crippen LogP contribution in [-0.4, -0.2) is 29.3 Å². The Morgan fingerprint density at radius 1 is 0.349 bits per heavy atom. The number of ether oxygens (including phenoxy) is 1. The maximum atomic E-state index is 4.94. The fourth-order valence-electron chi connectivity index (χ4n) is 8.85. The van der Waals surface area contributed by atoms with Crippen LogP contribution < -0.4 is 199 Å². The first-order valence-electron chi connectivity index (χ1n) is 26.6. The number of nitrogens with zero attached hydrogens (tertiary/aromatic N) is 6. The van der Waals surface area contributed by atoms with Gasteiger partial charge >= 0.3 is 177 Å². The predicted molar refractivity (Wildman–Crippen MR) is 351 cm³/mol. The summed E-state index contributed by atoms with van der Waals surface area (Å²) in [6.07, 6.45) is 44.0. The van der Waals surface area contributed by atoms with Gasteiger partial charge in [0.25, 0.3) is 0 Å².